The highest BCUT2D eigenvalue weighted by Crippen LogP contribution is 2.27. The summed E-state index contributed by atoms with van der Waals surface area (Å²) in [6.45, 7) is 5.16. The molecular weight excluding hydrogens is 236 g/mol. The Morgan fingerprint density at radius 3 is 2.47 bits per heavy atom. The fourth-order valence-electron chi connectivity index (χ4n) is 2.91. The second-order valence-electron chi connectivity index (χ2n) is 6.72. The van der Waals surface area contributed by atoms with Crippen molar-refractivity contribution < 1.29 is 4.74 Å². The molecule has 2 saturated carbocycles. The normalized spacial score (nSPS) is 30.6. The summed E-state index contributed by atoms with van der Waals surface area (Å²) in [5.74, 6) is 0.879. The van der Waals surface area contributed by atoms with Gasteiger partial charge in [0.15, 0.2) is 0 Å². The largest absolute Gasteiger partial charge is 0.378 e. The molecule has 3 nitrogen and oxygen atoms in total. The summed E-state index contributed by atoms with van der Waals surface area (Å²) in [5.41, 5.74) is -0.356. The van der Waals surface area contributed by atoms with Crippen molar-refractivity contribution in [2.24, 2.45) is 5.92 Å². The second-order valence-corrected chi connectivity index (χ2v) is 6.72. The van der Waals surface area contributed by atoms with Gasteiger partial charge in [0.25, 0.3) is 0 Å². The smallest absolute Gasteiger partial charge is 0.104 e. The van der Waals surface area contributed by atoms with Gasteiger partial charge in [0.2, 0.25) is 0 Å². The maximum atomic E-state index is 9.29. The average molecular weight is 264 g/mol. The van der Waals surface area contributed by atoms with Crippen LogP contribution in [0.15, 0.2) is 0 Å². The lowest BCUT2D eigenvalue weighted by atomic mass is 9.89. The first-order valence-corrected chi connectivity index (χ1v) is 7.92. The highest BCUT2D eigenvalue weighted by atomic mass is 16.5. The van der Waals surface area contributed by atoms with Crippen LogP contribution < -0.4 is 5.32 Å². The maximum Gasteiger partial charge on any atom is 0.104 e. The zero-order chi connectivity index (χ0) is 13.7. The van der Waals surface area contributed by atoms with E-state index in [1.165, 1.54) is 38.5 Å². The predicted molar refractivity (Wildman–Crippen MR) is 76.8 cm³/mol. The summed E-state index contributed by atoms with van der Waals surface area (Å²) >= 11 is 0. The molecule has 0 aromatic rings. The molecule has 2 rings (SSSR count). The van der Waals surface area contributed by atoms with Crippen LogP contribution in [0.5, 0.6) is 0 Å². The third kappa shape index (κ3) is 5.12. The number of hydrogen-bond donors (Lipinski definition) is 1. The Kier molecular flexibility index (Phi) is 5.24. The standard InChI is InChI=1S/C16H28N2O/c1-13-4-8-15(9-5-13)19-11-3-10-16(2,12-17)18-14-6-7-14/h13-15,18H,3-11H2,1-2H3. The molecule has 2 fully saturated rings. The van der Waals surface area contributed by atoms with Gasteiger partial charge >= 0.3 is 0 Å². The van der Waals surface area contributed by atoms with Gasteiger partial charge < -0.3 is 4.74 Å². The first kappa shape index (κ1) is 14.8. The van der Waals surface area contributed by atoms with Crippen molar-refractivity contribution >= 4 is 0 Å². The van der Waals surface area contributed by atoms with Crippen molar-refractivity contribution in [1.29, 1.82) is 5.26 Å². The van der Waals surface area contributed by atoms with E-state index in [9.17, 15) is 5.26 Å². The number of hydrogen-bond acceptors (Lipinski definition) is 3. The van der Waals surface area contributed by atoms with Gasteiger partial charge in [0, 0.05) is 12.6 Å². The van der Waals surface area contributed by atoms with Gasteiger partial charge in [0.1, 0.15) is 5.54 Å². The Hall–Kier alpha value is -0.590. The molecule has 0 bridgehead atoms. The van der Waals surface area contributed by atoms with Crippen LogP contribution in [0.4, 0.5) is 0 Å². The molecule has 2 aliphatic rings. The van der Waals surface area contributed by atoms with Gasteiger partial charge in [-0.3, -0.25) is 5.32 Å². The molecule has 0 aromatic carbocycles. The lowest BCUT2D eigenvalue weighted by Crippen LogP contribution is -2.42. The summed E-state index contributed by atoms with van der Waals surface area (Å²) in [6, 6.07) is 3.02. The van der Waals surface area contributed by atoms with E-state index in [4.69, 9.17) is 4.74 Å². The summed E-state index contributed by atoms with van der Waals surface area (Å²) in [4.78, 5) is 0. The molecule has 0 spiro atoms. The zero-order valence-electron chi connectivity index (χ0n) is 12.5. The topological polar surface area (TPSA) is 45.0 Å². The van der Waals surface area contributed by atoms with Crippen molar-refractivity contribution in [3.05, 3.63) is 0 Å². The fraction of sp³-hybridized carbons (Fsp3) is 0.938. The Morgan fingerprint density at radius 1 is 1.21 bits per heavy atom. The van der Waals surface area contributed by atoms with Crippen LogP contribution in [-0.2, 0) is 4.74 Å². The summed E-state index contributed by atoms with van der Waals surface area (Å²) in [6.07, 6.45) is 9.86. The fourth-order valence-corrected chi connectivity index (χ4v) is 2.91. The van der Waals surface area contributed by atoms with Crippen LogP contribution in [0, 0.1) is 17.2 Å². The molecule has 3 heteroatoms. The van der Waals surface area contributed by atoms with E-state index in [0.29, 0.717) is 12.1 Å². The minimum atomic E-state index is -0.356. The molecule has 0 aliphatic heterocycles. The highest BCUT2D eigenvalue weighted by Gasteiger charge is 2.32. The minimum absolute atomic E-state index is 0.356. The number of nitrogens with zero attached hydrogens (tertiary/aromatic N) is 1. The Labute approximate surface area is 117 Å². The van der Waals surface area contributed by atoms with Crippen molar-refractivity contribution in [1.82, 2.24) is 5.32 Å². The quantitative estimate of drug-likeness (QED) is 0.717. The average Bonchev–Trinajstić information content (AvgIpc) is 3.21. The molecular formula is C16H28N2O. The van der Waals surface area contributed by atoms with Crippen LogP contribution in [-0.4, -0.2) is 24.3 Å². The summed E-state index contributed by atoms with van der Waals surface area (Å²) in [7, 11) is 0. The van der Waals surface area contributed by atoms with Gasteiger partial charge in [-0.05, 0) is 64.2 Å². The minimum Gasteiger partial charge on any atom is -0.378 e. The lowest BCUT2D eigenvalue weighted by Gasteiger charge is -2.27. The van der Waals surface area contributed by atoms with Gasteiger partial charge in [-0.15, -0.1) is 0 Å². The summed E-state index contributed by atoms with van der Waals surface area (Å²) in [5, 5.41) is 12.7. The zero-order valence-corrected chi connectivity index (χ0v) is 12.5. The van der Waals surface area contributed by atoms with E-state index in [1.807, 2.05) is 6.92 Å². The van der Waals surface area contributed by atoms with Crippen molar-refractivity contribution in [3.63, 3.8) is 0 Å². The van der Waals surface area contributed by atoms with Gasteiger partial charge in [-0.25, -0.2) is 0 Å². The Bertz CT molecular complexity index is 313. The number of rotatable bonds is 7. The molecule has 0 aromatic heterocycles. The van der Waals surface area contributed by atoms with Gasteiger partial charge in [-0.1, -0.05) is 6.92 Å². The van der Waals surface area contributed by atoms with Crippen molar-refractivity contribution in [2.45, 2.75) is 82.9 Å². The first-order valence-electron chi connectivity index (χ1n) is 7.92. The SMILES string of the molecule is CC1CCC(OCCCC(C)(C#N)NC2CC2)CC1. The highest BCUT2D eigenvalue weighted by molar-refractivity contribution is 5.06. The number of nitrogens with one attached hydrogen (secondary N) is 1. The van der Waals surface area contributed by atoms with Crippen LogP contribution in [0.3, 0.4) is 0 Å². The summed E-state index contributed by atoms with van der Waals surface area (Å²) < 4.78 is 5.95. The maximum absolute atomic E-state index is 9.29. The van der Waals surface area contributed by atoms with E-state index in [2.05, 4.69) is 18.3 Å². The molecule has 2 aliphatic carbocycles. The van der Waals surface area contributed by atoms with Crippen LogP contribution in [0.2, 0.25) is 0 Å². The van der Waals surface area contributed by atoms with E-state index >= 15 is 0 Å². The lowest BCUT2D eigenvalue weighted by molar-refractivity contribution is 0.0165. The molecule has 1 N–H and O–H groups in total. The molecule has 0 radical (unpaired) electrons. The molecule has 0 saturated heterocycles. The Morgan fingerprint density at radius 2 is 1.89 bits per heavy atom. The van der Waals surface area contributed by atoms with Crippen molar-refractivity contribution in [3.8, 4) is 6.07 Å². The Balaban J connectivity index is 1.58. The van der Waals surface area contributed by atoms with E-state index in [-0.39, 0.29) is 5.54 Å². The first-order chi connectivity index (χ1) is 9.11. The van der Waals surface area contributed by atoms with Gasteiger partial charge in [-0.2, -0.15) is 5.26 Å². The number of ether oxygens (including phenoxy) is 1. The molecule has 19 heavy (non-hydrogen) atoms. The van der Waals surface area contributed by atoms with Crippen LogP contribution in [0.1, 0.15) is 65.2 Å². The predicted octanol–water partition coefficient (Wildman–Crippen LogP) is 3.40. The van der Waals surface area contributed by atoms with E-state index in [0.717, 1.165) is 25.4 Å². The third-order valence-electron chi connectivity index (χ3n) is 4.48. The van der Waals surface area contributed by atoms with Crippen LogP contribution in [0.25, 0.3) is 0 Å². The van der Waals surface area contributed by atoms with E-state index in [1.54, 1.807) is 0 Å². The molecule has 0 amide bonds. The number of nitriles is 1. The monoisotopic (exact) mass is 264 g/mol. The molecule has 1 atom stereocenters. The molecule has 108 valence electrons. The van der Waals surface area contributed by atoms with Crippen LogP contribution >= 0.6 is 0 Å². The van der Waals surface area contributed by atoms with Crippen molar-refractivity contribution in [2.75, 3.05) is 6.61 Å². The molecule has 1 unspecified atom stereocenters. The molecule has 0 heterocycles. The second kappa shape index (κ2) is 6.72. The third-order valence-corrected chi connectivity index (χ3v) is 4.48. The van der Waals surface area contributed by atoms with Gasteiger partial charge in [0.05, 0.1) is 12.2 Å². The van der Waals surface area contributed by atoms with E-state index < -0.39 is 0 Å².